The van der Waals surface area contributed by atoms with Gasteiger partial charge in [-0.2, -0.15) is 0 Å². The first-order valence-corrected chi connectivity index (χ1v) is 18.4. The van der Waals surface area contributed by atoms with Crippen LogP contribution in [-0.2, 0) is 14.0 Å². The monoisotopic (exact) mass is 671 g/mol. The molecule has 254 valence electrons. The Morgan fingerprint density at radius 2 is 1.62 bits per heavy atom. The Hall–Kier alpha value is -3.89. The molecule has 2 amide bonds. The number of imide groups is 1. The van der Waals surface area contributed by atoms with E-state index in [0.717, 1.165) is 26.4 Å². The molecule has 2 aliphatic rings. The fourth-order valence-electron chi connectivity index (χ4n) is 7.70. The average molecular weight is 672 g/mol. The van der Waals surface area contributed by atoms with E-state index in [0.29, 0.717) is 17.6 Å². The Morgan fingerprint density at radius 3 is 2.17 bits per heavy atom. The number of halogens is 1. The van der Waals surface area contributed by atoms with Crippen molar-refractivity contribution in [2.24, 2.45) is 17.8 Å². The first-order valence-electron chi connectivity index (χ1n) is 16.5. The lowest BCUT2D eigenvalue weighted by atomic mass is 9.68. The SMILES string of the molecule is C/C(=C\c1ccc(O)c(F)c1)CC[C@@H](O)C1=C(CO[Si](c2ccccc2)(c2ccccc2)C(C)(C)C)C[C@H]2C(=O)N(C)C(=O)[C@H]2[C@H]1CO. The second kappa shape index (κ2) is 14.3. The van der Waals surface area contributed by atoms with Crippen molar-refractivity contribution in [1.29, 1.82) is 0 Å². The van der Waals surface area contributed by atoms with Crippen molar-refractivity contribution in [3.8, 4) is 5.75 Å². The predicted molar refractivity (Wildman–Crippen MR) is 188 cm³/mol. The zero-order chi connectivity index (χ0) is 34.8. The number of carbonyl (C=O) groups excluding carboxylic acids is 2. The number of aromatic hydroxyl groups is 1. The van der Waals surface area contributed by atoms with Crippen LogP contribution in [-0.4, -0.2) is 66.7 Å². The van der Waals surface area contributed by atoms with Gasteiger partial charge in [0.05, 0.1) is 31.2 Å². The van der Waals surface area contributed by atoms with E-state index in [2.05, 4.69) is 45.0 Å². The summed E-state index contributed by atoms with van der Waals surface area (Å²) in [5.74, 6) is -3.89. The van der Waals surface area contributed by atoms with Crippen molar-refractivity contribution in [2.75, 3.05) is 20.3 Å². The Kier molecular flexibility index (Phi) is 10.6. The molecule has 1 heterocycles. The lowest BCUT2D eigenvalue weighted by Gasteiger charge is -2.44. The van der Waals surface area contributed by atoms with Crippen LogP contribution in [0.4, 0.5) is 4.39 Å². The number of allylic oxidation sites excluding steroid dienone is 1. The highest BCUT2D eigenvalue weighted by Crippen LogP contribution is 2.47. The summed E-state index contributed by atoms with van der Waals surface area (Å²) in [6.07, 6.45) is 1.77. The van der Waals surface area contributed by atoms with Gasteiger partial charge in [-0.15, -0.1) is 0 Å². The van der Waals surface area contributed by atoms with Crippen LogP contribution >= 0.6 is 0 Å². The summed E-state index contributed by atoms with van der Waals surface area (Å²) in [4.78, 5) is 27.8. The molecule has 1 fully saturated rings. The van der Waals surface area contributed by atoms with Crippen molar-refractivity contribution in [2.45, 2.75) is 58.1 Å². The number of rotatable bonds is 11. The van der Waals surface area contributed by atoms with E-state index in [1.54, 1.807) is 12.1 Å². The molecule has 0 radical (unpaired) electrons. The van der Waals surface area contributed by atoms with E-state index >= 15 is 0 Å². The Labute approximate surface area is 283 Å². The molecule has 7 nitrogen and oxygen atoms in total. The third-order valence-corrected chi connectivity index (χ3v) is 15.0. The minimum absolute atomic E-state index is 0.131. The summed E-state index contributed by atoms with van der Waals surface area (Å²) in [7, 11) is -1.52. The van der Waals surface area contributed by atoms with Gasteiger partial charge in [0.2, 0.25) is 11.8 Å². The van der Waals surface area contributed by atoms with Gasteiger partial charge in [0, 0.05) is 13.0 Å². The molecule has 3 aromatic carbocycles. The third-order valence-electron chi connectivity index (χ3n) is 10.0. The van der Waals surface area contributed by atoms with Gasteiger partial charge < -0.3 is 19.7 Å². The second-order valence-electron chi connectivity index (χ2n) is 14.1. The summed E-state index contributed by atoms with van der Waals surface area (Å²) in [5.41, 5.74) is 2.78. The maximum Gasteiger partial charge on any atom is 0.261 e. The molecule has 4 atom stereocenters. The maximum absolute atomic E-state index is 13.9. The summed E-state index contributed by atoms with van der Waals surface area (Å²) in [5, 5.41) is 34.1. The lowest BCUT2D eigenvalue weighted by Crippen LogP contribution is -2.66. The topological polar surface area (TPSA) is 107 Å². The van der Waals surface area contributed by atoms with E-state index in [1.807, 2.05) is 43.3 Å². The first kappa shape index (κ1) is 35.4. The van der Waals surface area contributed by atoms with E-state index in [1.165, 1.54) is 19.2 Å². The van der Waals surface area contributed by atoms with Crippen molar-refractivity contribution >= 4 is 36.6 Å². The van der Waals surface area contributed by atoms with Crippen LogP contribution < -0.4 is 10.4 Å². The molecule has 1 aliphatic carbocycles. The van der Waals surface area contributed by atoms with Gasteiger partial charge in [0.1, 0.15) is 0 Å². The molecule has 3 N–H and O–H groups in total. The lowest BCUT2D eigenvalue weighted by molar-refractivity contribution is -0.138. The van der Waals surface area contributed by atoms with Crippen LogP contribution in [0.2, 0.25) is 5.04 Å². The summed E-state index contributed by atoms with van der Waals surface area (Å²) < 4.78 is 21.2. The molecule has 3 aromatic rings. The van der Waals surface area contributed by atoms with Gasteiger partial charge in [0.15, 0.2) is 11.6 Å². The molecule has 9 heteroatoms. The number of phenols is 1. The summed E-state index contributed by atoms with van der Waals surface area (Å²) in [6.45, 7) is 8.16. The smallest absolute Gasteiger partial charge is 0.261 e. The number of phenolic OH excluding ortho intramolecular Hbond substituents is 1. The number of aliphatic hydroxyl groups excluding tert-OH is 2. The van der Waals surface area contributed by atoms with Gasteiger partial charge >= 0.3 is 0 Å². The van der Waals surface area contributed by atoms with Gasteiger partial charge in [-0.25, -0.2) is 4.39 Å². The van der Waals surface area contributed by atoms with Crippen LogP contribution in [0, 0.1) is 23.6 Å². The van der Waals surface area contributed by atoms with Crippen LogP contribution in [0.5, 0.6) is 5.75 Å². The van der Waals surface area contributed by atoms with Crippen molar-refractivity contribution in [3.63, 3.8) is 0 Å². The van der Waals surface area contributed by atoms with Crippen molar-refractivity contribution in [1.82, 2.24) is 4.90 Å². The van der Waals surface area contributed by atoms with Crippen LogP contribution in [0.15, 0.2) is 95.6 Å². The zero-order valence-corrected chi connectivity index (χ0v) is 29.3. The van der Waals surface area contributed by atoms with E-state index in [9.17, 15) is 29.3 Å². The van der Waals surface area contributed by atoms with Gasteiger partial charge in [0.25, 0.3) is 8.32 Å². The molecular formula is C39H46FNO6Si. The number of benzene rings is 3. The zero-order valence-electron chi connectivity index (χ0n) is 28.3. The quantitative estimate of drug-likeness (QED) is 0.147. The predicted octanol–water partition coefficient (Wildman–Crippen LogP) is 5.19. The molecule has 0 unspecified atom stereocenters. The van der Waals surface area contributed by atoms with E-state index in [4.69, 9.17) is 4.43 Å². The first-order chi connectivity index (χ1) is 22.8. The third kappa shape index (κ3) is 6.69. The largest absolute Gasteiger partial charge is 0.505 e. The van der Waals surface area contributed by atoms with Gasteiger partial charge in [-0.05, 0) is 70.4 Å². The number of fused-ring (bicyclic) bond motifs is 1. The Balaban J connectivity index is 1.55. The number of amides is 2. The number of hydrogen-bond acceptors (Lipinski definition) is 6. The van der Waals surface area contributed by atoms with Crippen molar-refractivity contribution in [3.05, 3.63) is 107 Å². The minimum atomic E-state index is -2.99. The van der Waals surface area contributed by atoms with Crippen LogP contribution in [0.3, 0.4) is 0 Å². The number of carbonyl (C=O) groups is 2. The average Bonchev–Trinajstić information content (AvgIpc) is 3.28. The minimum Gasteiger partial charge on any atom is -0.505 e. The van der Waals surface area contributed by atoms with Crippen molar-refractivity contribution < 1.29 is 33.7 Å². The molecule has 0 spiro atoms. The highest BCUT2D eigenvalue weighted by molar-refractivity contribution is 6.99. The molecule has 48 heavy (non-hydrogen) atoms. The van der Waals surface area contributed by atoms with E-state index < -0.39 is 50.3 Å². The molecule has 1 saturated heterocycles. The summed E-state index contributed by atoms with van der Waals surface area (Å²) in [6, 6.07) is 24.6. The van der Waals surface area contributed by atoms with Crippen LogP contribution in [0.1, 0.15) is 52.5 Å². The number of nitrogens with zero attached hydrogens (tertiary/aromatic N) is 1. The van der Waals surface area contributed by atoms with Gasteiger partial charge in [-0.1, -0.05) is 99.2 Å². The highest BCUT2D eigenvalue weighted by atomic mass is 28.4. The maximum atomic E-state index is 13.9. The van der Waals surface area contributed by atoms with Crippen LogP contribution in [0.25, 0.3) is 6.08 Å². The fraction of sp³-hybridized carbons (Fsp3) is 0.385. The second-order valence-corrected chi connectivity index (χ2v) is 18.4. The fourth-order valence-corrected chi connectivity index (χ4v) is 12.2. The molecule has 1 aliphatic heterocycles. The molecule has 0 bridgehead atoms. The molecule has 5 rings (SSSR count). The molecular weight excluding hydrogens is 626 g/mol. The van der Waals surface area contributed by atoms with Gasteiger partial charge in [-0.3, -0.25) is 14.5 Å². The molecule has 0 saturated carbocycles. The Bertz CT molecular complexity index is 1660. The number of aliphatic hydroxyl groups is 2. The Morgan fingerprint density at radius 1 is 1.02 bits per heavy atom. The highest BCUT2D eigenvalue weighted by Gasteiger charge is 2.55. The normalized spacial score (nSPS) is 21.1. The summed E-state index contributed by atoms with van der Waals surface area (Å²) >= 11 is 0. The molecule has 0 aromatic heterocycles. The van der Waals surface area contributed by atoms with E-state index in [-0.39, 0.29) is 36.3 Å². The standard InChI is InChI=1S/C39H46FNO6Si/c1-25(20-26-17-19-33(43)32(40)21-26)16-18-34(44)35-27(22-30-36(31(35)23-42)38(46)41(5)37(30)45)24-47-48(39(2,3)4,28-12-8-6-9-13-28)29-14-10-7-11-15-29/h6-15,17,19-21,30-31,34,36,42-44H,16,18,22-24H2,1-5H3/b25-20+/t30-,31+,34-,36-/m1/s1. The number of hydrogen-bond donors (Lipinski definition) is 3. The number of likely N-dealkylation sites (tertiary alicyclic amines) is 1.